The fraction of sp³-hybridized carbons (Fsp3) is 0.286. The second-order valence-corrected chi connectivity index (χ2v) is 7.01. The van der Waals surface area contributed by atoms with E-state index in [2.05, 4.69) is 10.1 Å². The number of esters is 1. The quantitative estimate of drug-likeness (QED) is 0.787. The zero-order valence-corrected chi connectivity index (χ0v) is 16.3. The van der Waals surface area contributed by atoms with Crippen LogP contribution in [0, 0.1) is 0 Å². The summed E-state index contributed by atoms with van der Waals surface area (Å²) in [5, 5.41) is 3.16. The van der Waals surface area contributed by atoms with Gasteiger partial charge in [-0.3, -0.25) is 9.59 Å². The van der Waals surface area contributed by atoms with Crippen LogP contribution in [0.5, 0.6) is 0 Å². The molecule has 1 fully saturated rings. The van der Waals surface area contributed by atoms with Crippen molar-refractivity contribution >= 4 is 35.1 Å². The molecule has 0 atom stereocenters. The van der Waals surface area contributed by atoms with Crippen LogP contribution in [0.1, 0.15) is 50.3 Å². The van der Waals surface area contributed by atoms with Gasteiger partial charge in [-0.2, -0.15) is 0 Å². The molecule has 3 rings (SSSR count). The van der Waals surface area contributed by atoms with Crippen LogP contribution in [-0.2, 0) is 4.74 Å². The van der Waals surface area contributed by atoms with Gasteiger partial charge in [-0.05, 0) is 55.7 Å². The molecule has 0 aromatic heterocycles. The largest absolute Gasteiger partial charge is 0.465 e. The van der Waals surface area contributed by atoms with E-state index in [1.165, 1.54) is 13.2 Å². The first kappa shape index (κ1) is 19.9. The molecular weight excluding hydrogens is 380 g/mol. The molecule has 1 heterocycles. The molecule has 6 nitrogen and oxygen atoms in total. The minimum atomic E-state index is -0.529. The van der Waals surface area contributed by atoms with Crippen LogP contribution in [0.4, 0.5) is 5.69 Å². The molecule has 0 unspecified atom stereocenters. The summed E-state index contributed by atoms with van der Waals surface area (Å²) in [5.41, 5.74) is 1.28. The van der Waals surface area contributed by atoms with Gasteiger partial charge in [0, 0.05) is 23.7 Å². The Kier molecular flexibility index (Phi) is 6.31. The zero-order chi connectivity index (χ0) is 20.1. The van der Waals surface area contributed by atoms with Crippen molar-refractivity contribution < 1.29 is 19.1 Å². The maximum absolute atomic E-state index is 12.9. The zero-order valence-electron chi connectivity index (χ0n) is 15.5. The molecule has 0 radical (unpaired) electrons. The first-order chi connectivity index (χ1) is 13.5. The highest BCUT2D eigenvalue weighted by Gasteiger charge is 2.22. The molecule has 1 saturated heterocycles. The summed E-state index contributed by atoms with van der Waals surface area (Å²) >= 11 is 6.08. The van der Waals surface area contributed by atoms with E-state index < -0.39 is 11.9 Å². The van der Waals surface area contributed by atoms with Crippen LogP contribution >= 0.6 is 11.6 Å². The Hall–Kier alpha value is -2.86. The number of amides is 2. The van der Waals surface area contributed by atoms with Crippen molar-refractivity contribution in [3.8, 4) is 0 Å². The van der Waals surface area contributed by atoms with Gasteiger partial charge in [0.2, 0.25) is 0 Å². The molecule has 1 N–H and O–H groups in total. The molecular formula is C21H21ClN2O4. The Balaban J connectivity index is 1.85. The van der Waals surface area contributed by atoms with Crippen molar-refractivity contribution in [2.45, 2.75) is 19.3 Å². The first-order valence-electron chi connectivity index (χ1n) is 9.08. The van der Waals surface area contributed by atoms with Gasteiger partial charge in [0.25, 0.3) is 11.8 Å². The second-order valence-electron chi connectivity index (χ2n) is 6.57. The third-order valence-corrected chi connectivity index (χ3v) is 4.88. The molecule has 28 heavy (non-hydrogen) atoms. The Labute approximate surface area is 168 Å². The Morgan fingerprint density at radius 1 is 1.00 bits per heavy atom. The number of hydrogen-bond acceptors (Lipinski definition) is 4. The Bertz CT molecular complexity index is 907. The SMILES string of the molecule is COC(=O)c1cccc(C(=O)Nc2cc(Cl)ccc2C(=O)N2CCCCC2)c1. The van der Waals surface area contributed by atoms with E-state index >= 15 is 0 Å². The summed E-state index contributed by atoms with van der Waals surface area (Å²) in [6.45, 7) is 1.41. The van der Waals surface area contributed by atoms with Crippen LogP contribution in [-0.4, -0.2) is 42.9 Å². The van der Waals surface area contributed by atoms with E-state index in [-0.39, 0.29) is 17.0 Å². The number of carbonyl (C=O) groups is 3. The minimum absolute atomic E-state index is 0.130. The number of anilines is 1. The van der Waals surface area contributed by atoms with Crippen LogP contribution in [0.25, 0.3) is 0 Å². The summed E-state index contributed by atoms with van der Waals surface area (Å²) in [4.78, 5) is 39.1. The molecule has 7 heteroatoms. The number of nitrogens with one attached hydrogen (secondary N) is 1. The van der Waals surface area contributed by atoms with Gasteiger partial charge in [-0.25, -0.2) is 4.79 Å². The van der Waals surface area contributed by atoms with E-state index in [1.807, 2.05) is 0 Å². The minimum Gasteiger partial charge on any atom is -0.465 e. The lowest BCUT2D eigenvalue weighted by Gasteiger charge is -2.27. The Morgan fingerprint density at radius 3 is 2.43 bits per heavy atom. The number of methoxy groups -OCH3 is 1. The number of halogens is 1. The average molecular weight is 401 g/mol. The van der Waals surface area contributed by atoms with E-state index in [4.69, 9.17) is 11.6 Å². The highest BCUT2D eigenvalue weighted by atomic mass is 35.5. The van der Waals surface area contributed by atoms with Gasteiger partial charge in [0.1, 0.15) is 0 Å². The number of rotatable bonds is 4. The molecule has 2 aromatic rings. The number of benzene rings is 2. The number of likely N-dealkylation sites (tertiary alicyclic amines) is 1. The van der Waals surface area contributed by atoms with E-state index in [0.717, 1.165) is 19.3 Å². The lowest BCUT2D eigenvalue weighted by molar-refractivity contribution is 0.0600. The molecule has 0 spiro atoms. The van der Waals surface area contributed by atoms with E-state index in [1.54, 1.807) is 41.3 Å². The smallest absolute Gasteiger partial charge is 0.337 e. The van der Waals surface area contributed by atoms with Crippen LogP contribution in [0.3, 0.4) is 0 Å². The van der Waals surface area contributed by atoms with Gasteiger partial charge >= 0.3 is 5.97 Å². The highest BCUT2D eigenvalue weighted by molar-refractivity contribution is 6.31. The molecule has 0 saturated carbocycles. The fourth-order valence-electron chi connectivity index (χ4n) is 3.17. The molecule has 0 bridgehead atoms. The highest BCUT2D eigenvalue weighted by Crippen LogP contribution is 2.25. The molecule has 2 aromatic carbocycles. The number of carbonyl (C=O) groups excluding carboxylic acids is 3. The van der Waals surface area contributed by atoms with Gasteiger partial charge in [-0.1, -0.05) is 17.7 Å². The molecule has 0 aliphatic carbocycles. The molecule has 2 amide bonds. The summed E-state index contributed by atoms with van der Waals surface area (Å²) in [5.74, 6) is -1.10. The maximum Gasteiger partial charge on any atom is 0.337 e. The van der Waals surface area contributed by atoms with E-state index in [0.29, 0.717) is 29.4 Å². The summed E-state index contributed by atoms with van der Waals surface area (Å²) < 4.78 is 4.68. The maximum atomic E-state index is 12.9. The normalized spacial score (nSPS) is 13.7. The third kappa shape index (κ3) is 4.51. The van der Waals surface area contributed by atoms with Gasteiger partial charge in [0.05, 0.1) is 23.9 Å². The monoisotopic (exact) mass is 400 g/mol. The molecule has 1 aliphatic rings. The van der Waals surface area contributed by atoms with Gasteiger partial charge < -0.3 is 15.0 Å². The van der Waals surface area contributed by atoms with Crippen molar-refractivity contribution in [2.24, 2.45) is 0 Å². The third-order valence-electron chi connectivity index (χ3n) is 4.65. The first-order valence-corrected chi connectivity index (χ1v) is 9.46. The molecule has 1 aliphatic heterocycles. The topological polar surface area (TPSA) is 75.7 Å². The van der Waals surface area contributed by atoms with Crippen molar-refractivity contribution in [3.63, 3.8) is 0 Å². The predicted molar refractivity (Wildman–Crippen MR) is 107 cm³/mol. The van der Waals surface area contributed by atoms with Crippen LogP contribution < -0.4 is 5.32 Å². The number of ether oxygens (including phenoxy) is 1. The lowest BCUT2D eigenvalue weighted by atomic mass is 10.1. The number of hydrogen-bond donors (Lipinski definition) is 1. The van der Waals surface area contributed by atoms with E-state index in [9.17, 15) is 14.4 Å². The van der Waals surface area contributed by atoms with Crippen molar-refractivity contribution in [2.75, 3.05) is 25.5 Å². The average Bonchev–Trinajstić information content (AvgIpc) is 2.73. The summed E-state index contributed by atoms with van der Waals surface area (Å²) in [7, 11) is 1.28. The summed E-state index contributed by atoms with van der Waals surface area (Å²) in [6, 6.07) is 11.0. The van der Waals surface area contributed by atoms with Gasteiger partial charge in [-0.15, -0.1) is 0 Å². The predicted octanol–water partition coefficient (Wildman–Crippen LogP) is 4.01. The second kappa shape index (κ2) is 8.89. The van der Waals surface area contributed by atoms with Crippen molar-refractivity contribution in [3.05, 3.63) is 64.2 Å². The number of nitrogens with zero attached hydrogens (tertiary/aromatic N) is 1. The fourth-order valence-corrected chi connectivity index (χ4v) is 3.35. The van der Waals surface area contributed by atoms with Gasteiger partial charge in [0.15, 0.2) is 0 Å². The summed E-state index contributed by atoms with van der Waals surface area (Å²) in [6.07, 6.45) is 3.06. The lowest BCUT2D eigenvalue weighted by Crippen LogP contribution is -2.36. The Morgan fingerprint density at radius 2 is 1.71 bits per heavy atom. The van der Waals surface area contributed by atoms with Crippen LogP contribution in [0.15, 0.2) is 42.5 Å². The molecule has 146 valence electrons. The van der Waals surface area contributed by atoms with Crippen molar-refractivity contribution in [1.29, 1.82) is 0 Å². The standard InChI is InChI=1S/C21H21ClN2O4/c1-28-21(27)15-7-5-6-14(12-15)19(25)23-18-13-16(22)8-9-17(18)20(26)24-10-3-2-4-11-24/h5-9,12-13H,2-4,10-11H2,1H3,(H,23,25). The number of piperidine rings is 1. The van der Waals surface area contributed by atoms with Crippen molar-refractivity contribution in [1.82, 2.24) is 4.90 Å². The van der Waals surface area contributed by atoms with Crippen LogP contribution in [0.2, 0.25) is 5.02 Å².